The van der Waals surface area contributed by atoms with Crippen LogP contribution in [0.25, 0.3) is 6.08 Å². The fraction of sp³-hybridized carbons (Fsp3) is 0.370. The lowest BCUT2D eigenvalue weighted by molar-refractivity contribution is -0.137. The molecule has 5 rings (SSSR count). The minimum atomic E-state index is -4.49. The van der Waals surface area contributed by atoms with Gasteiger partial charge in [-0.25, -0.2) is 15.0 Å². The number of anilines is 4. The molecule has 1 aromatic carbocycles. The lowest BCUT2D eigenvalue weighted by Gasteiger charge is -2.21. The van der Waals surface area contributed by atoms with Crippen LogP contribution in [0, 0.1) is 0 Å². The summed E-state index contributed by atoms with van der Waals surface area (Å²) in [5, 5.41) is 3.43. The molecule has 36 heavy (non-hydrogen) atoms. The smallest absolute Gasteiger partial charge is 0.372 e. The molecule has 0 spiro atoms. The van der Waals surface area contributed by atoms with Crippen molar-refractivity contribution in [3.05, 3.63) is 71.4 Å². The van der Waals surface area contributed by atoms with E-state index < -0.39 is 11.7 Å². The van der Waals surface area contributed by atoms with Crippen LogP contribution in [0.2, 0.25) is 0 Å². The molecule has 6 nitrogen and oxygen atoms in total. The first-order valence-electron chi connectivity index (χ1n) is 12.3. The molecule has 1 saturated heterocycles. The van der Waals surface area contributed by atoms with E-state index in [-0.39, 0.29) is 11.7 Å². The van der Waals surface area contributed by atoms with Crippen LogP contribution in [-0.4, -0.2) is 34.6 Å². The Morgan fingerprint density at radius 3 is 2.42 bits per heavy atom. The largest absolute Gasteiger partial charge is 0.419 e. The van der Waals surface area contributed by atoms with Crippen molar-refractivity contribution < 1.29 is 13.2 Å². The predicted molar refractivity (Wildman–Crippen MR) is 137 cm³/mol. The summed E-state index contributed by atoms with van der Waals surface area (Å²) < 4.78 is 40.9. The number of pyridine rings is 1. The highest BCUT2D eigenvalue weighted by Crippen LogP contribution is 2.36. The van der Waals surface area contributed by atoms with Gasteiger partial charge in [0.25, 0.3) is 0 Å². The summed E-state index contributed by atoms with van der Waals surface area (Å²) in [6.45, 7) is 6.54. The Morgan fingerprint density at radius 2 is 1.72 bits per heavy atom. The van der Waals surface area contributed by atoms with Crippen LogP contribution in [0.3, 0.4) is 0 Å². The van der Waals surface area contributed by atoms with Crippen LogP contribution in [0.4, 0.5) is 36.2 Å². The zero-order valence-electron chi connectivity index (χ0n) is 20.4. The van der Waals surface area contributed by atoms with Gasteiger partial charge in [-0.3, -0.25) is 0 Å². The highest BCUT2D eigenvalue weighted by Gasteiger charge is 2.35. The number of halogens is 3. The summed E-state index contributed by atoms with van der Waals surface area (Å²) in [5.41, 5.74) is 2.91. The molecule has 1 N–H and O–H groups in total. The Morgan fingerprint density at radius 1 is 0.972 bits per heavy atom. The SMILES string of the molecule is CC(C)c1nc2c(c(Nc3ccc(N4CCCC4)cc3)n1)C=CN(c1ncccc1C(F)(F)F)CC2. The quantitative estimate of drug-likeness (QED) is 0.444. The number of fused-ring (bicyclic) bond motifs is 1. The van der Waals surface area contributed by atoms with E-state index in [1.54, 1.807) is 12.3 Å². The molecule has 3 aromatic rings. The van der Waals surface area contributed by atoms with Crippen LogP contribution in [0.15, 0.2) is 48.8 Å². The molecule has 0 bridgehead atoms. The molecule has 2 aliphatic heterocycles. The number of alkyl halides is 3. The standard InChI is InChI=1S/C27H29F3N6/c1-18(2)24-33-23-12-17-36(26-22(27(28,29)30)6-5-13-31-26)16-11-21(23)25(34-24)32-19-7-9-20(10-8-19)35-14-3-4-15-35/h5-11,13,16,18H,3-4,12,14-15,17H2,1-2H3,(H,32,33,34). The first kappa shape index (κ1) is 24.1. The fourth-order valence-electron chi connectivity index (χ4n) is 4.61. The van der Waals surface area contributed by atoms with E-state index in [1.165, 1.54) is 35.7 Å². The lowest BCUT2D eigenvalue weighted by atomic mass is 10.1. The molecule has 2 aromatic heterocycles. The second-order valence-corrected chi connectivity index (χ2v) is 9.44. The third-order valence-electron chi connectivity index (χ3n) is 6.53. The number of hydrogen-bond acceptors (Lipinski definition) is 6. The van der Waals surface area contributed by atoms with E-state index in [0.29, 0.717) is 24.6 Å². The summed E-state index contributed by atoms with van der Waals surface area (Å²) in [6.07, 6.45) is 3.21. The maximum absolute atomic E-state index is 13.6. The van der Waals surface area contributed by atoms with Gasteiger partial charge in [-0.1, -0.05) is 13.8 Å². The first-order valence-corrected chi connectivity index (χ1v) is 12.3. The van der Waals surface area contributed by atoms with Crippen LogP contribution >= 0.6 is 0 Å². The van der Waals surface area contributed by atoms with Gasteiger partial charge in [0.05, 0.1) is 11.3 Å². The highest BCUT2D eigenvalue weighted by molar-refractivity contribution is 5.73. The summed E-state index contributed by atoms with van der Waals surface area (Å²) in [4.78, 5) is 17.5. The lowest BCUT2D eigenvalue weighted by Crippen LogP contribution is -2.23. The normalized spacial score (nSPS) is 15.8. The molecule has 0 atom stereocenters. The molecule has 0 amide bonds. The van der Waals surface area contributed by atoms with Gasteiger partial charge in [-0.2, -0.15) is 13.2 Å². The van der Waals surface area contributed by atoms with Gasteiger partial charge in [0.2, 0.25) is 0 Å². The van der Waals surface area contributed by atoms with Gasteiger partial charge < -0.3 is 15.1 Å². The Hall–Kier alpha value is -3.62. The van der Waals surface area contributed by atoms with Crippen molar-refractivity contribution in [3.63, 3.8) is 0 Å². The molecule has 1 fully saturated rings. The Labute approximate surface area is 208 Å². The van der Waals surface area contributed by atoms with Crippen molar-refractivity contribution in [2.24, 2.45) is 0 Å². The van der Waals surface area contributed by atoms with Crippen LogP contribution in [-0.2, 0) is 12.6 Å². The average molecular weight is 495 g/mol. The van der Waals surface area contributed by atoms with Gasteiger partial charge in [0.15, 0.2) is 0 Å². The van der Waals surface area contributed by atoms with Crippen LogP contribution in [0.1, 0.15) is 55.3 Å². The number of rotatable bonds is 5. The molecule has 0 aliphatic carbocycles. The first-order chi connectivity index (χ1) is 17.3. The molecule has 0 unspecified atom stereocenters. The number of hydrogen-bond donors (Lipinski definition) is 1. The minimum absolute atomic E-state index is 0.101. The van der Waals surface area contributed by atoms with Crippen LogP contribution < -0.4 is 15.1 Å². The van der Waals surface area contributed by atoms with Gasteiger partial charge in [-0.15, -0.1) is 0 Å². The number of aromatic nitrogens is 3. The maximum atomic E-state index is 13.6. The monoisotopic (exact) mass is 494 g/mol. The third-order valence-corrected chi connectivity index (χ3v) is 6.53. The molecule has 9 heteroatoms. The number of benzene rings is 1. The van der Waals surface area contributed by atoms with Crippen LogP contribution in [0.5, 0.6) is 0 Å². The summed E-state index contributed by atoms with van der Waals surface area (Å²) in [5.74, 6) is 1.33. The van der Waals surface area contributed by atoms with E-state index in [2.05, 4.69) is 27.3 Å². The minimum Gasteiger partial charge on any atom is -0.372 e. The van der Waals surface area contributed by atoms with Crippen molar-refractivity contribution in [1.29, 1.82) is 0 Å². The highest BCUT2D eigenvalue weighted by atomic mass is 19.4. The van der Waals surface area contributed by atoms with E-state index >= 15 is 0 Å². The van der Waals surface area contributed by atoms with Crippen molar-refractivity contribution >= 4 is 29.1 Å². The van der Waals surface area contributed by atoms with Crippen molar-refractivity contribution in [1.82, 2.24) is 15.0 Å². The summed E-state index contributed by atoms with van der Waals surface area (Å²) >= 11 is 0. The Bertz CT molecular complexity index is 1250. The fourth-order valence-corrected chi connectivity index (χ4v) is 4.61. The second kappa shape index (κ2) is 9.79. The third kappa shape index (κ3) is 5.01. The van der Waals surface area contributed by atoms with Gasteiger partial charge in [0.1, 0.15) is 17.5 Å². The van der Waals surface area contributed by atoms with Crippen molar-refractivity contribution in [3.8, 4) is 0 Å². The Balaban J connectivity index is 1.47. The molecule has 2 aliphatic rings. The molecular weight excluding hydrogens is 465 g/mol. The average Bonchev–Trinajstić information content (AvgIpc) is 3.31. The second-order valence-electron chi connectivity index (χ2n) is 9.44. The topological polar surface area (TPSA) is 57.2 Å². The van der Waals surface area contributed by atoms with Crippen molar-refractivity contribution in [2.75, 3.05) is 34.8 Å². The van der Waals surface area contributed by atoms with Gasteiger partial charge in [0, 0.05) is 61.3 Å². The molecule has 4 heterocycles. The predicted octanol–water partition coefficient (Wildman–Crippen LogP) is 6.39. The van der Waals surface area contributed by atoms with Gasteiger partial charge >= 0.3 is 6.18 Å². The zero-order valence-corrected chi connectivity index (χ0v) is 20.4. The molecular formula is C27H29F3N6. The van der Waals surface area contributed by atoms with E-state index in [1.807, 2.05) is 26.0 Å². The molecule has 0 saturated carbocycles. The van der Waals surface area contributed by atoms with Crippen molar-refractivity contribution in [2.45, 2.75) is 45.2 Å². The Kier molecular flexibility index (Phi) is 6.55. The number of nitrogens with one attached hydrogen (secondary N) is 1. The molecule has 188 valence electrons. The summed E-state index contributed by atoms with van der Waals surface area (Å²) in [7, 11) is 0. The maximum Gasteiger partial charge on any atom is 0.419 e. The van der Waals surface area contributed by atoms with E-state index in [4.69, 9.17) is 9.97 Å². The summed E-state index contributed by atoms with van der Waals surface area (Å²) in [6, 6.07) is 10.6. The number of nitrogens with zero attached hydrogens (tertiary/aromatic N) is 5. The van der Waals surface area contributed by atoms with E-state index in [9.17, 15) is 13.2 Å². The van der Waals surface area contributed by atoms with E-state index in [0.717, 1.165) is 36.1 Å². The molecule has 0 radical (unpaired) electrons. The zero-order chi connectivity index (χ0) is 25.3. The van der Waals surface area contributed by atoms with Gasteiger partial charge in [-0.05, 0) is 55.3 Å².